The van der Waals surface area contributed by atoms with Crippen LogP contribution in [0.1, 0.15) is 13.8 Å². The molecule has 122 valence electrons. The predicted molar refractivity (Wildman–Crippen MR) is 76.4 cm³/mol. The first-order valence-corrected chi connectivity index (χ1v) is 6.07. The van der Waals surface area contributed by atoms with Gasteiger partial charge in [0.15, 0.2) is 0 Å². The zero-order valence-electron chi connectivity index (χ0n) is 11.5. The number of carbonyl (C=O) groups excluding carboxylic acids is 1. The molecule has 0 aromatic carbocycles. The van der Waals surface area contributed by atoms with Crippen molar-refractivity contribution < 1.29 is 18.0 Å². The molecule has 0 bridgehead atoms. The molecular weight excluding hydrogens is 318 g/mol. The van der Waals surface area contributed by atoms with E-state index in [9.17, 15) is 18.0 Å². The summed E-state index contributed by atoms with van der Waals surface area (Å²) in [6, 6.07) is -1.46. The summed E-state index contributed by atoms with van der Waals surface area (Å²) in [6.45, 7) is 4.33. The average Bonchev–Trinajstić information content (AvgIpc) is 2.35. The minimum Gasteiger partial charge on any atom is -0.340 e. The summed E-state index contributed by atoms with van der Waals surface area (Å²) in [5.41, 5.74) is 5.41. The highest BCUT2D eigenvalue weighted by molar-refractivity contribution is 5.85. The second kappa shape index (κ2) is 8.92. The number of rotatable bonds is 3. The molecule has 0 spiro atoms. The van der Waals surface area contributed by atoms with Crippen LogP contribution in [-0.2, 0) is 4.79 Å². The zero-order valence-corrected chi connectivity index (χ0v) is 13.2. The molecule has 1 aliphatic heterocycles. The first-order valence-electron chi connectivity index (χ1n) is 6.07. The number of piperazine rings is 1. The zero-order chi connectivity index (χ0) is 13.9. The summed E-state index contributed by atoms with van der Waals surface area (Å²) in [5.74, 6) is -0.339. The van der Waals surface area contributed by atoms with Gasteiger partial charge in [-0.05, 0) is 6.92 Å². The SMILES string of the molecule is CC(CN)C(=O)N1CCN(C(C)C(F)(F)F)CC1.Cl.Cl. The lowest BCUT2D eigenvalue weighted by atomic mass is 10.1. The Morgan fingerprint density at radius 2 is 1.60 bits per heavy atom. The fourth-order valence-electron chi connectivity index (χ4n) is 1.95. The van der Waals surface area contributed by atoms with Gasteiger partial charge in [-0.1, -0.05) is 6.92 Å². The van der Waals surface area contributed by atoms with Crippen LogP contribution in [0.3, 0.4) is 0 Å². The normalized spacial score (nSPS) is 19.6. The van der Waals surface area contributed by atoms with Crippen LogP contribution in [0.4, 0.5) is 13.2 Å². The van der Waals surface area contributed by atoms with E-state index in [1.165, 1.54) is 4.90 Å². The average molecular weight is 340 g/mol. The summed E-state index contributed by atoms with van der Waals surface area (Å²) in [7, 11) is 0. The van der Waals surface area contributed by atoms with E-state index in [-0.39, 0.29) is 56.3 Å². The molecule has 1 heterocycles. The van der Waals surface area contributed by atoms with Gasteiger partial charge in [0.05, 0.1) is 0 Å². The van der Waals surface area contributed by atoms with Gasteiger partial charge in [-0.15, -0.1) is 24.8 Å². The van der Waals surface area contributed by atoms with E-state index >= 15 is 0 Å². The van der Waals surface area contributed by atoms with E-state index < -0.39 is 12.2 Å². The molecule has 1 fully saturated rings. The van der Waals surface area contributed by atoms with E-state index in [1.54, 1.807) is 11.8 Å². The van der Waals surface area contributed by atoms with Gasteiger partial charge in [-0.25, -0.2) is 0 Å². The standard InChI is InChI=1S/C11H20F3N3O.2ClH/c1-8(7-15)10(18)17-5-3-16(4-6-17)9(2)11(12,13)14;;/h8-9H,3-7,15H2,1-2H3;2*1H. The van der Waals surface area contributed by atoms with Crippen LogP contribution in [0.2, 0.25) is 0 Å². The molecule has 1 amide bonds. The maximum absolute atomic E-state index is 12.5. The van der Waals surface area contributed by atoms with Gasteiger partial charge in [-0.2, -0.15) is 13.2 Å². The number of amides is 1. The van der Waals surface area contributed by atoms with E-state index in [2.05, 4.69) is 0 Å². The molecule has 20 heavy (non-hydrogen) atoms. The predicted octanol–water partition coefficient (Wildman–Crippen LogP) is 1.52. The quantitative estimate of drug-likeness (QED) is 0.848. The number of hydrogen-bond acceptors (Lipinski definition) is 3. The Labute approximate surface area is 129 Å². The Morgan fingerprint density at radius 3 is 1.95 bits per heavy atom. The molecule has 1 aliphatic rings. The van der Waals surface area contributed by atoms with Crippen molar-refractivity contribution in [2.75, 3.05) is 32.7 Å². The molecule has 9 heteroatoms. The van der Waals surface area contributed by atoms with E-state index in [0.29, 0.717) is 13.1 Å². The van der Waals surface area contributed by atoms with E-state index in [0.717, 1.165) is 6.92 Å². The minimum atomic E-state index is -4.21. The summed E-state index contributed by atoms with van der Waals surface area (Å²) < 4.78 is 37.6. The van der Waals surface area contributed by atoms with Crippen molar-refractivity contribution in [2.24, 2.45) is 11.7 Å². The molecule has 2 atom stereocenters. The van der Waals surface area contributed by atoms with Gasteiger partial charge in [0, 0.05) is 38.6 Å². The maximum atomic E-state index is 12.5. The monoisotopic (exact) mass is 339 g/mol. The highest BCUT2D eigenvalue weighted by Gasteiger charge is 2.41. The smallest absolute Gasteiger partial charge is 0.340 e. The minimum absolute atomic E-state index is 0. The molecule has 0 aromatic rings. The lowest BCUT2D eigenvalue weighted by Crippen LogP contribution is -2.55. The molecule has 1 saturated heterocycles. The number of nitrogens with zero attached hydrogens (tertiary/aromatic N) is 2. The van der Waals surface area contributed by atoms with Gasteiger partial charge in [0.2, 0.25) is 5.91 Å². The fourth-order valence-corrected chi connectivity index (χ4v) is 1.95. The molecule has 0 saturated carbocycles. The lowest BCUT2D eigenvalue weighted by Gasteiger charge is -2.39. The second-order valence-corrected chi connectivity index (χ2v) is 4.72. The van der Waals surface area contributed by atoms with Gasteiger partial charge >= 0.3 is 6.18 Å². The van der Waals surface area contributed by atoms with E-state index in [4.69, 9.17) is 5.73 Å². The van der Waals surface area contributed by atoms with Crippen molar-refractivity contribution >= 4 is 30.7 Å². The fraction of sp³-hybridized carbons (Fsp3) is 0.909. The number of alkyl halides is 3. The van der Waals surface area contributed by atoms with Crippen LogP contribution in [0.15, 0.2) is 0 Å². The Balaban J connectivity index is 0. The molecule has 0 radical (unpaired) electrons. The maximum Gasteiger partial charge on any atom is 0.403 e. The Kier molecular flexibility index (Phi) is 9.83. The van der Waals surface area contributed by atoms with Crippen molar-refractivity contribution in [3.63, 3.8) is 0 Å². The third-order valence-corrected chi connectivity index (χ3v) is 3.42. The van der Waals surface area contributed by atoms with Crippen LogP contribution >= 0.6 is 24.8 Å². The number of halogens is 5. The number of carbonyl (C=O) groups is 1. The van der Waals surface area contributed by atoms with Gasteiger partial charge in [0.25, 0.3) is 0 Å². The van der Waals surface area contributed by atoms with Crippen molar-refractivity contribution in [2.45, 2.75) is 26.1 Å². The van der Waals surface area contributed by atoms with Crippen molar-refractivity contribution in [1.82, 2.24) is 9.80 Å². The molecule has 4 nitrogen and oxygen atoms in total. The summed E-state index contributed by atoms with van der Waals surface area (Å²) >= 11 is 0. The van der Waals surface area contributed by atoms with Crippen molar-refractivity contribution in [1.29, 1.82) is 0 Å². The van der Waals surface area contributed by atoms with Gasteiger partial charge in [-0.3, -0.25) is 9.69 Å². The van der Waals surface area contributed by atoms with Crippen LogP contribution in [0, 0.1) is 5.92 Å². The molecule has 2 N–H and O–H groups in total. The topological polar surface area (TPSA) is 49.6 Å². The molecule has 0 aromatic heterocycles. The first-order chi connectivity index (χ1) is 8.27. The van der Waals surface area contributed by atoms with Crippen LogP contribution < -0.4 is 5.73 Å². The molecule has 2 unspecified atom stereocenters. The molecular formula is C11H22Cl2F3N3O. The van der Waals surface area contributed by atoms with Crippen molar-refractivity contribution in [3.8, 4) is 0 Å². The second-order valence-electron chi connectivity index (χ2n) is 4.72. The molecule has 0 aliphatic carbocycles. The Bertz CT molecular complexity index is 297. The summed E-state index contributed by atoms with van der Waals surface area (Å²) in [4.78, 5) is 14.8. The molecule has 1 rings (SSSR count). The lowest BCUT2D eigenvalue weighted by molar-refractivity contribution is -0.183. The Morgan fingerprint density at radius 1 is 1.15 bits per heavy atom. The third kappa shape index (κ3) is 5.63. The van der Waals surface area contributed by atoms with Gasteiger partial charge < -0.3 is 10.6 Å². The largest absolute Gasteiger partial charge is 0.403 e. The van der Waals surface area contributed by atoms with Crippen LogP contribution in [-0.4, -0.2) is 60.6 Å². The summed E-state index contributed by atoms with van der Waals surface area (Å²) in [6.07, 6.45) is -4.21. The number of hydrogen-bond donors (Lipinski definition) is 1. The van der Waals surface area contributed by atoms with Crippen molar-refractivity contribution in [3.05, 3.63) is 0 Å². The van der Waals surface area contributed by atoms with Gasteiger partial charge in [0.1, 0.15) is 6.04 Å². The summed E-state index contributed by atoms with van der Waals surface area (Å²) in [5, 5.41) is 0. The first kappa shape index (κ1) is 22.0. The highest BCUT2D eigenvalue weighted by atomic mass is 35.5. The third-order valence-electron chi connectivity index (χ3n) is 3.42. The van der Waals surface area contributed by atoms with Crippen LogP contribution in [0.25, 0.3) is 0 Å². The highest BCUT2D eigenvalue weighted by Crippen LogP contribution is 2.25. The number of nitrogens with two attached hydrogens (primary N) is 1. The van der Waals surface area contributed by atoms with E-state index in [1.807, 2.05) is 0 Å². The Hall–Kier alpha value is -0.240. The van der Waals surface area contributed by atoms with Crippen LogP contribution in [0.5, 0.6) is 0 Å².